The molecule has 130 valence electrons. The summed E-state index contributed by atoms with van der Waals surface area (Å²) in [5, 5.41) is 18.5. The molecule has 25 heavy (non-hydrogen) atoms. The lowest BCUT2D eigenvalue weighted by atomic mass is 9.99. The number of likely N-dealkylation sites (N-methyl/N-ethyl adjacent to an activating group) is 1. The zero-order chi connectivity index (χ0) is 18.4. The smallest absolute Gasteiger partial charge is 0.417 e. The fourth-order valence-corrected chi connectivity index (χ4v) is 3.17. The van der Waals surface area contributed by atoms with Crippen LogP contribution in [0.3, 0.4) is 0 Å². The van der Waals surface area contributed by atoms with Gasteiger partial charge in [-0.15, -0.1) is 0 Å². The summed E-state index contributed by atoms with van der Waals surface area (Å²) in [4.78, 5) is 1.52. The second kappa shape index (κ2) is 6.11. The van der Waals surface area contributed by atoms with E-state index in [2.05, 4.69) is 0 Å². The number of hydrogen-bond acceptors (Lipinski definition) is 2. The van der Waals surface area contributed by atoms with Gasteiger partial charge in [-0.1, -0.05) is 48.0 Å². The molecule has 0 fully saturated rings. The zero-order valence-electron chi connectivity index (χ0n) is 13.1. The second-order valence-electron chi connectivity index (χ2n) is 5.73. The normalized spacial score (nSPS) is 18.2. The molecule has 1 aliphatic rings. The highest BCUT2D eigenvalue weighted by Gasteiger charge is 2.38. The number of alkyl halides is 3. The Labute approximate surface area is 147 Å². The molecule has 2 N–H and O–H groups in total. The Bertz CT molecular complexity index is 862. The van der Waals surface area contributed by atoms with Crippen LogP contribution in [-0.2, 0) is 6.18 Å². The van der Waals surface area contributed by atoms with Crippen LogP contribution < -0.4 is 0 Å². The summed E-state index contributed by atoms with van der Waals surface area (Å²) in [6.07, 6.45) is -4.62. The summed E-state index contributed by atoms with van der Waals surface area (Å²) >= 11 is 5.65. The van der Waals surface area contributed by atoms with E-state index >= 15 is 0 Å². The molecule has 0 aromatic heterocycles. The molecule has 2 aromatic carbocycles. The van der Waals surface area contributed by atoms with Gasteiger partial charge in [0.15, 0.2) is 0 Å². The monoisotopic (exact) mass is 366 g/mol. The van der Waals surface area contributed by atoms with Gasteiger partial charge in [-0.25, -0.2) is 0 Å². The summed E-state index contributed by atoms with van der Waals surface area (Å²) in [5.41, 5.74) is -0.0825. The Morgan fingerprint density at radius 2 is 1.76 bits per heavy atom. The largest absolute Gasteiger partial charge is 0.509 e. The van der Waals surface area contributed by atoms with Crippen LogP contribution in [0.4, 0.5) is 13.2 Å². The first-order chi connectivity index (χ1) is 11.7. The number of nitrogens with one attached hydrogen (secondary N) is 1. The molecule has 7 heteroatoms. The van der Waals surface area contributed by atoms with Crippen molar-refractivity contribution in [3.8, 4) is 0 Å². The van der Waals surface area contributed by atoms with E-state index < -0.39 is 22.8 Å². The number of hydrogen-bond donors (Lipinski definition) is 2. The van der Waals surface area contributed by atoms with Crippen LogP contribution in [-0.4, -0.2) is 22.9 Å². The van der Waals surface area contributed by atoms with Crippen molar-refractivity contribution in [3.05, 3.63) is 76.0 Å². The molecule has 0 saturated heterocycles. The van der Waals surface area contributed by atoms with Crippen LogP contribution in [0.1, 0.15) is 22.7 Å². The van der Waals surface area contributed by atoms with Crippen molar-refractivity contribution in [2.24, 2.45) is 0 Å². The average Bonchev–Trinajstić information content (AvgIpc) is 2.78. The van der Waals surface area contributed by atoms with E-state index in [1.165, 1.54) is 11.0 Å². The van der Waals surface area contributed by atoms with Gasteiger partial charge in [-0.2, -0.15) is 13.2 Å². The molecule has 0 radical (unpaired) electrons. The Morgan fingerprint density at radius 3 is 2.36 bits per heavy atom. The van der Waals surface area contributed by atoms with Gasteiger partial charge in [-0.3, -0.25) is 5.41 Å². The molecule has 1 unspecified atom stereocenters. The number of nitrogens with zero attached hydrogens (tertiary/aromatic N) is 1. The Balaban J connectivity index is 2.13. The van der Waals surface area contributed by atoms with Crippen LogP contribution in [0.2, 0.25) is 5.02 Å². The summed E-state index contributed by atoms with van der Waals surface area (Å²) in [6, 6.07) is 11.7. The number of aliphatic hydroxyl groups excluding tert-OH is 1. The van der Waals surface area contributed by atoms with Crippen LogP contribution in [0.5, 0.6) is 0 Å². The van der Waals surface area contributed by atoms with Crippen LogP contribution >= 0.6 is 11.6 Å². The van der Waals surface area contributed by atoms with Gasteiger partial charge in [0.25, 0.3) is 0 Å². The lowest BCUT2D eigenvalue weighted by molar-refractivity contribution is -0.137. The minimum Gasteiger partial charge on any atom is -0.509 e. The van der Waals surface area contributed by atoms with E-state index in [1.54, 1.807) is 31.3 Å². The fraction of sp³-hybridized carbons (Fsp3) is 0.167. The molecular weight excluding hydrogens is 353 g/mol. The summed E-state index contributed by atoms with van der Waals surface area (Å²) < 4.78 is 39.3. The van der Waals surface area contributed by atoms with Gasteiger partial charge in [0, 0.05) is 7.05 Å². The maximum absolute atomic E-state index is 13.1. The molecule has 0 amide bonds. The minimum atomic E-state index is -4.62. The molecule has 1 heterocycles. The third kappa shape index (κ3) is 2.98. The summed E-state index contributed by atoms with van der Waals surface area (Å²) in [5.74, 6) is -0.212. The van der Waals surface area contributed by atoms with E-state index in [9.17, 15) is 18.3 Å². The van der Waals surface area contributed by atoms with Gasteiger partial charge >= 0.3 is 6.18 Å². The average molecular weight is 367 g/mol. The van der Waals surface area contributed by atoms with Crippen molar-refractivity contribution in [1.82, 2.24) is 4.90 Å². The van der Waals surface area contributed by atoms with Crippen LogP contribution in [0.25, 0.3) is 5.57 Å². The van der Waals surface area contributed by atoms with Gasteiger partial charge in [-0.05, 0) is 23.3 Å². The van der Waals surface area contributed by atoms with E-state index in [0.717, 1.165) is 17.7 Å². The highest BCUT2D eigenvalue weighted by Crippen LogP contribution is 2.42. The molecule has 3 rings (SSSR count). The molecule has 1 aliphatic heterocycles. The van der Waals surface area contributed by atoms with Gasteiger partial charge < -0.3 is 10.0 Å². The Kier molecular flexibility index (Phi) is 4.24. The van der Waals surface area contributed by atoms with Gasteiger partial charge in [0.05, 0.1) is 16.2 Å². The Morgan fingerprint density at radius 1 is 1.12 bits per heavy atom. The van der Waals surface area contributed by atoms with Crippen molar-refractivity contribution >= 4 is 23.0 Å². The summed E-state index contributed by atoms with van der Waals surface area (Å²) in [7, 11) is 1.61. The predicted octanol–water partition coefficient (Wildman–Crippen LogP) is 5.29. The third-order valence-corrected chi connectivity index (χ3v) is 4.50. The number of amidine groups is 1. The van der Waals surface area contributed by atoms with E-state index in [1.807, 2.05) is 6.07 Å². The first-order valence-corrected chi connectivity index (χ1v) is 7.76. The quantitative estimate of drug-likeness (QED) is 0.758. The molecule has 0 aliphatic carbocycles. The lowest BCUT2D eigenvalue weighted by Gasteiger charge is -2.22. The zero-order valence-corrected chi connectivity index (χ0v) is 13.9. The molecule has 3 nitrogen and oxygen atoms in total. The van der Waals surface area contributed by atoms with Crippen LogP contribution in [0.15, 0.2) is 54.3 Å². The molecule has 1 atom stereocenters. The molecule has 0 saturated carbocycles. The predicted molar refractivity (Wildman–Crippen MR) is 90.7 cm³/mol. The standard InChI is InChI=1S/C18H14ClF3N2O/c1-24-15(10-5-3-2-4-6-10)16(25)14(17(24)23)11-7-8-13(19)12(9-11)18(20,21)22/h2-9,15,23,25H,1H3. The van der Waals surface area contributed by atoms with E-state index in [0.29, 0.717) is 0 Å². The highest BCUT2D eigenvalue weighted by molar-refractivity contribution is 6.31. The van der Waals surface area contributed by atoms with Crippen molar-refractivity contribution in [3.63, 3.8) is 0 Å². The van der Waals surface area contributed by atoms with E-state index in [-0.39, 0.29) is 22.7 Å². The number of halogens is 4. The van der Waals surface area contributed by atoms with Crippen molar-refractivity contribution in [2.75, 3.05) is 7.05 Å². The number of aliphatic hydroxyl groups is 1. The third-order valence-electron chi connectivity index (χ3n) is 4.17. The van der Waals surface area contributed by atoms with Gasteiger partial charge in [0.1, 0.15) is 17.6 Å². The molecule has 0 bridgehead atoms. The van der Waals surface area contributed by atoms with Gasteiger partial charge in [0.2, 0.25) is 0 Å². The maximum atomic E-state index is 13.1. The summed E-state index contributed by atoms with van der Waals surface area (Å²) in [6.45, 7) is 0. The van der Waals surface area contributed by atoms with Crippen molar-refractivity contribution < 1.29 is 18.3 Å². The minimum absolute atomic E-state index is 0.0539. The Hall–Kier alpha value is -2.47. The second-order valence-corrected chi connectivity index (χ2v) is 6.13. The first kappa shape index (κ1) is 17.4. The topological polar surface area (TPSA) is 47.3 Å². The fourth-order valence-electron chi connectivity index (χ4n) is 2.95. The van der Waals surface area contributed by atoms with Crippen molar-refractivity contribution in [2.45, 2.75) is 12.2 Å². The number of benzene rings is 2. The SMILES string of the molecule is CN1C(=N)C(c2ccc(Cl)c(C(F)(F)F)c2)=C(O)C1c1ccccc1. The molecule has 0 spiro atoms. The first-order valence-electron chi connectivity index (χ1n) is 7.38. The maximum Gasteiger partial charge on any atom is 0.417 e. The van der Waals surface area contributed by atoms with E-state index in [4.69, 9.17) is 17.0 Å². The lowest BCUT2D eigenvalue weighted by Crippen LogP contribution is -2.25. The molecule has 2 aromatic rings. The highest BCUT2D eigenvalue weighted by atomic mass is 35.5. The number of rotatable bonds is 2. The van der Waals surface area contributed by atoms with Crippen molar-refractivity contribution in [1.29, 1.82) is 5.41 Å². The molecular formula is C18H14ClF3N2O. The van der Waals surface area contributed by atoms with Crippen LogP contribution in [0, 0.1) is 5.41 Å².